The number of piperidine rings is 1. The molecule has 1 aliphatic heterocycles. The van der Waals surface area contributed by atoms with Crippen molar-refractivity contribution in [2.75, 3.05) is 27.2 Å². The molecule has 0 aromatic rings. The van der Waals surface area contributed by atoms with Gasteiger partial charge in [-0.25, -0.2) is 0 Å². The first kappa shape index (κ1) is 14.3. The van der Waals surface area contributed by atoms with Gasteiger partial charge in [0.25, 0.3) is 0 Å². The van der Waals surface area contributed by atoms with Crippen LogP contribution in [0.2, 0.25) is 0 Å². The molecular formula is C14H24N2O3. The van der Waals surface area contributed by atoms with Crippen molar-refractivity contribution in [1.29, 1.82) is 0 Å². The van der Waals surface area contributed by atoms with Crippen molar-refractivity contribution >= 4 is 11.9 Å². The zero-order valence-electron chi connectivity index (χ0n) is 12.2. The van der Waals surface area contributed by atoms with Crippen molar-refractivity contribution in [1.82, 2.24) is 9.80 Å². The molecule has 1 aliphatic carbocycles. The van der Waals surface area contributed by atoms with Gasteiger partial charge in [-0.3, -0.25) is 9.59 Å². The zero-order chi connectivity index (χ0) is 14.4. The number of carboxylic acids is 1. The summed E-state index contributed by atoms with van der Waals surface area (Å²) in [4.78, 5) is 27.7. The average Bonchev–Trinajstić information content (AvgIpc) is 2.90. The molecule has 2 fully saturated rings. The Labute approximate surface area is 114 Å². The predicted octanol–water partition coefficient (Wildman–Crippen LogP) is 0.896. The van der Waals surface area contributed by atoms with Crippen LogP contribution in [0.5, 0.6) is 0 Å². The highest BCUT2D eigenvalue weighted by atomic mass is 16.4. The van der Waals surface area contributed by atoms with Crippen LogP contribution in [0.15, 0.2) is 0 Å². The summed E-state index contributed by atoms with van der Waals surface area (Å²) in [6, 6.07) is 0.220. The van der Waals surface area contributed by atoms with Gasteiger partial charge in [0.05, 0.1) is 11.8 Å². The van der Waals surface area contributed by atoms with E-state index < -0.39 is 17.3 Å². The first-order chi connectivity index (χ1) is 8.76. The van der Waals surface area contributed by atoms with Crippen molar-refractivity contribution < 1.29 is 14.7 Å². The van der Waals surface area contributed by atoms with E-state index in [1.54, 1.807) is 4.90 Å². The van der Waals surface area contributed by atoms with Crippen LogP contribution in [0.3, 0.4) is 0 Å². The SMILES string of the molecule is CN1CCCC(N(C)C(=O)[C@H]2[C@@H](C(=O)O)C2(C)C)C1. The van der Waals surface area contributed by atoms with Crippen molar-refractivity contribution in [2.24, 2.45) is 17.3 Å². The lowest BCUT2D eigenvalue weighted by Gasteiger charge is -2.36. The molecule has 1 unspecified atom stereocenters. The number of hydrogen-bond acceptors (Lipinski definition) is 3. The molecule has 0 aromatic carbocycles. The second-order valence-electron chi connectivity index (χ2n) is 6.62. The third kappa shape index (κ3) is 2.48. The molecule has 19 heavy (non-hydrogen) atoms. The highest BCUT2D eigenvalue weighted by molar-refractivity contribution is 5.91. The van der Waals surface area contributed by atoms with Gasteiger partial charge in [0, 0.05) is 19.6 Å². The average molecular weight is 268 g/mol. The summed E-state index contributed by atoms with van der Waals surface area (Å²) < 4.78 is 0. The molecule has 5 nitrogen and oxygen atoms in total. The molecule has 108 valence electrons. The van der Waals surface area contributed by atoms with Gasteiger partial charge in [-0.2, -0.15) is 0 Å². The fourth-order valence-corrected chi connectivity index (χ4v) is 3.41. The predicted molar refractivity (Wildman–Crippen MR) is 71.7 cm³/mol. The molecule has 1 amide bonds. The Kier molecular flexibility index (Phi) is 3.60. The molecule has 2 rings (SSSR count). The first-order valence-corrected chi connectivity index (χ1v) is 6.95. The molecule has 1 saturated heterocycles. The minimum Gasteiger partial charge on any atom is -0.481 e. The first-order valence-electron chi connectivity index (χ1n) is 6.95. The fourth-order valence-electron chi connectivity index (χ4n) is 3.41. The monoisotopic (exact) mass is 268 g/mol. The maximum Gasteiger partial charge on any atom is 0.307 e. The number of nitrogens with zero attached hydrogens (tertiary/aromatic N) is 2. The van der Waals surface area contributed by atoms with Gasteiger partial charge >= 0.3 is 5.97 Å². The standard InChI is InChI=1S/C14H24N2O3/c1-14(2)10(11(14)13(18)19)12(17)16(4)9-6-5-7-15(3)8-9/h9-11H,5-8H2,1-4H3,(H,18,19)/t9?,10-,11+/m1/s1. The summed E-state index contributed by atoms with van der Waals surface area (Å²) in [7, 11) is 3.88. The van der Waals surface area contributed by atoms with E-state index in [-0.39, 0.29) is 17.9 Å². The Morgan fingerprint density at radius 1 is 1.32 bits per heavy atom. The van der Waals surface area contributed by atoms with Crippen LogP contribution < -0.4 is 0 Å². The lowest BCUT2D eigenvalue weighted by Crippen LogP contribution is -2.48. The van der Waals surface area contributed by atoms with Crippen LogP contribution in [-0.2, 0) is 9.59 Å². The number of carbonyl (C=O) groups is 2. The smallest absolute Gasteiger partial charge is 0.307 e. The lowest BCUT2D eigenvalue weighted by atomic mass is 10.0. The molecule has 3 atom stereocenters. The lowest BCUT2D eigenvalue weighted by molar-refractivity contribution is -0.142. The molecule has 0 spiro atoms. The van der Waals surface area contributed by atoms with Crippen molar-refractivity contribution in [2.45, 2.75) is 32.7 Å². The summed E-state index contributed by atoms with van der Waals surface area (Å²) in [5.74, 6) is -1.73. The van der Waals surface area contributed by atoms with E-state index in [0.29, 0.717) is 0 Å². The molecule has 2 aliphatic rings. The van der Waals surface area contributed by atoms with Gasteiger partial charge in [0.1, 0.15) is 0 Å². The largest absolute Gasteiger partial charge is 0.481 e. The Bertz CT molecular complexity index is 394. The summed E-state index contributed by atoms with van der Waals surface area (Å²) in [6.45, 7) is 5.70. The number of amides is 1. The molecular weight excluding hydrogens is 244 g/mol. The number of likely N-dealkylation sites (tertiary alicyclic amines) is 1. The van der Waals surface area contributed by atoms with E-state index in [4.69, 9.17) is 5.11 Å². The van der Waals surface area contributed by atoms with E-state index in [0.717, 1.165) is 25.9 Å². The van der Waals surface area contributed by atoms with Gasteiger partial charge in [-0.1, -0.05) is 13.8 Å². The maximum absolute atomic E-state index is 12.5. The van der Waals surface area contributed by atoms with Crippen LogP contribution in [0.25, 0.3) is 0 Å². The molecule has 1 saturated carbocycles. The number of aliphatic carboxylic acids is 1. The Hall–Kier alpha value is -1.10. The number of carbonyl (C=O) groups excluding carboxylic acids is 1. The van der Waals surface area contributed by atoms with Crippen molar-refractivity contribution in [3.05, 3.63) is 0 Å². The molecule has 0 aromatic heterocycles. The van der Waals surface area contributed by atoms with Gasteiger partial charge in [0.2, 0.25) is 5.91 Å². The molecule has 5 heteroatoms. The third-order valence-corrected chi connectivity index (χ3v) is 4.85. The van der Waals surface area contributed by atoms with Crippen LogP contribution >= 0.6 is 0 Å². The van der Waals surface area contributed by atoms with Gasteiger partial charge in [-0.05, 0) is 31.8 Å². The highest BCUT2D eigenvalue weighted by Gasteiger charge is 2.66. The minimum absolute atomic E-state index is 0.00213. The minimum atomic E-state index is -0.850. The number of hydrogen-bond donors (Lipinski definition) is 1. The van der Waals surface area contributed by atoms with Crippen molar-refractivity contribution in [3.63, 3.8) is 0 Å². The molecule has 0 bridgehead atoms. The summed E-state index contributed by atoms with van der Waals surface area (Å²) >= 11 is 0. The van der Waals surface area contributed by atoms with Gasteiger partial charge in [-0.15, -0.1) is 0 Å². The number of likely N-dealkylation sites (N-methyl/N-ethyl adjacent to an activating group) is 2. The summed E-state index contributed by atoms with van der Waals surface area (Å²) in [5.41, 5.74) is -0.405. The van der Waals surface area contributed by atoms with E-state index in [1.165, 1.54) is 0 Å². The normalized spacial score (nSPS) is 33.8. The topological polar surface area (TPSA) is 60.9 Å². The number of rotatable bonds is 3. The molecule has 1 N–H and O–H groups in total. The fraction of sp³-hybridized carbons (Fsp3) is 0.857. The third-order valence-electron chi connectivity index (χ3n) is 4.85. The summed E-state index contributed by atoms with van der Waals surface area (Å²) in [6.07, 6.45) is 2.10. The maximum atomic E-state index is 12.5. The van der Waals surface area contributed by atoms with Crippen LogP contribution in [0.1, 0.15) is 26.7 Å². The molecule has 0 radical (unpaired) electrons. The Balaban J connectivity index is 2.02. The van der Waals surface area contributed by atoms with E-state index in [2.05, 4.69) is 11.9 Å². The number of carboxylic acid groups (broad SMARTS) is 1. The Morgan fingerprint density at radius 3 is 2.42 bits per heavy atom. The van der Waals surface area contributed by atoms with Crippen molar-refractivity contribution in [3.8, 4) is 0 Å². The summed E-state index contributed by atoms with van der Waals surface area (Å²) in [5, 5.41) is 9.16. The highest BCUT2D eigenvalue weighted by Crippen LogP contribution is 2.59. The van der Waals surface area contributed by atoms with Crippen LogP contribution in [-0.4, -0.2) is 60.0 Å². The molecule has 1 heterocycles. The van der Waals surface area contributed by atoms with Gasteiger partial charge < -0.3 is 14.9 Å². The van der Waals surface area contributed by atoms with Crippen LogP contribution in [0, 0.1) is 17.3 Å². The zero-order valence-corrected chi connectivity index (χ0v) is 12.2. The quantitative estimate of drug-likeness (QED) is 0.826. The van der Waals surface area contributed by atoms with E-state index >= 15 is 0 Å². The Morgan fingerprint density at radius 2 is 1.95 bits per heavy atom. The van der Waals surface area contributed by atoms with E-state index in [9.17, 15) is 9.59 Å². The second kappa shape index (κ2) is 4.78. The van der Waals surface area contributed by atoms with E-state index in [1.807, 2.05) is 20.9 Å². The second-order valence-corrected chi connectivity index (χ2v) is 6.62. The van der Waals surface area contributed by atoms with Gasteiger partial charge in [0.15, 0.2) is 0 Å². The van der Waals surface area contributed by atoms with Crippen LogP contribution in [0.4, 0.5) is 0 Å².